The molecule has 0 unspecified atom stereocenters. The van der Waals surface area contributed by atoms with Crippen LogP contribution in [0.1, 0.15) is 26.3 Å². The van der Waals surface area contributed by atoms with Gasteiger partial charge in [-0.1, -0.05) is 0 Å². The van der Waals surface area contributed by atoms with Crippen molar-refractivity contribution in [3.63, 3.8) is 0 Å². The number of rotatable bonds is 4. The van der Waals surface area contributed by atoms with Crippen LogP contribution in [-0.2, 0) is 0 Å². The van der Waals surface area contributed by atoms with Crippen LogP contribution in [0.25, 0.3) is 0 Å². The van der Waals surface area contributed by atoms with Gasteiger partial charge in [0.1, 0.15) is 5.82 Å². The van der Waals surface area contributed by atoms with Gasteiger partial charge in [0.25, 0.3) is 5.91 Å². The fourth-order valence-corrected chi connectivity index (χ4v) is 3.32. The van der Waals surface area contributed by atoms with Crippen molar-refractivity contribution >= 4 is 34.5 Å². The van der Waals surface area contributed by atoms with E-state index < -0.39 is 0 Å². The first-order chi connectivity index (χ1) is 11.5. The lowest BCUT2D eigenvalue weighted by Crippen LogP contribution is -2.44. The van der Waals surface area contributed by atoms with Crippen LogP contribution in [0.5, 0.6) is 0 Å². The molecule has 1 amide bonds. The van der Waals surface area contributed by atoms with Crippen LogP contribution in [-0.4, -0.2) is 54.8 Å². The van der Waals surface area contributed by atoms with Gasteiger partial charge in [-0.05, 0) is 38.2 Å². The van der Waals surface area contributed by atoms with E-state index in [0.717, 1.165) is 32.0 Å². The van der Waals surface area contributed by atoms with Gasteiger partial charge in [-0.15, -0.1) is 11.3 Å². The van der Waals surface area contributed by atoms with Crippen molar-refractivity contribution in [2.75, 3.05) is 43.4 Å². The van der Waals surface area contributed by atoms with Crippen molar-refractivity contribution < 1.29 is 9.59 Å². The topological polar surface area (TPSA) is 65.5 Å². The van der Waals surface area contributed by atoms with Crippen molar-refractivity contribution in [1.82, 2.24) is 9.88 Å². The average Bonchev–Trinajstić information content (AvgIpc) is 3.07. The first-order valence-electron chi connectivity index (χ1n) is 7.84. The summed E-state index contributed by atoms with van der Waals surface area (Å²) in [5.74, 6) is 0.676. The number of carbonyl (C=O) groups is 2. The molecular formula is C17H20N4O2S. The summed E-state index contributed by atoms with van der Waals surface area (Å²) in [6.45, 7) is 5.46. The van der Waals surface area contributed by atoms with E-state index in [2.05, 4.69) is 27.1 Å². The van der Waals surface area contributed by atoms with Crippen LogP contribution < -0.4 is 10.2 Å². The number of anilines is 2. The summed E-state index contributed by atoms with van der Waals surface area (Å²) < 4.78 is 0. The summed E-state index contributed by atoms with van der Waals surface area (Å²) in [6.07, 6.45) is 1.67. The Hall–Kier alpha value is -2.25. The van der Waals surface area contributed by atoms with E-state index >= 15 is 0 Å². The van der Waals surface area contributed by atoms with E-state index in [1.165, 1.54) is 18.3 Å². The summed E-state index contributed by atoms with van der Waals surface area (Å²) in [4.78, 5) is 33.6. The highest BCUT2D eigenvalue weighted by molar-refractivity contribution is 7.16. The predicted molar refractivity (Wildman–Crippen MR) is 96.2 cm³/mol. The highest BCUT2D eigenvalue weighted by atomic mass is 32.1. The summed E-state index contributed by atoms with van der Waals surface area (Å²) in [6, 6.07) is 7.13. The first kappa shape index (κ1) is 16.6. The lowest BCUT2D eigenvalue weighted by molar-refractivity contribution is 0.101. The van der Waals surface area contributed by atoms with E-state index in [4.69, 9.17) is 0 Å². The second-order valence-electron chi connectivity index (χ2n) is 5.87. The lowest BCUT2D eigenvalue weighted by Gasteiger charge is -2.33. The van der Waals surface area contributed by atoms with Gasteiger partial charge < -0.3 is 15.1 Å². The molecule has 1 aliphatic heterocycles. The molecule has 0 saturated carbocycles. The van der Waals surface area contributed by atoms with Gasteiger partial charge in [-0.25, -0.2) is 4.98 Å². The number of piperazine rings is 1. The van der Waals surface area contributed by atoms with Gasteiger partial charge in [-0.2, -0.15) is 0 Å². The zero-order valence-electron chi connectivity index (χ0n) is 13.8. The quantitative estimate of drug-likeness (QED) is 0.863. The van der Waals surface area contributed by atoms with Crippen molar-refractivity contribution in [3.8, 4) is 0 Å². The minimum Gasteiger partial charge on any atom is -0.354 e. The second kappa shape index (κ2) is 7.11. The molecule has 3 rings (SSSR count). The van der Waals surface area contributed by atoms with Crippen molar-refractivity contribution in [2.45, 2.75) is 6.92 Å². The maximum atomic E-state index is 12.2. The van der Waals surface area contributed by atoms with Crippen LogP contribution in [0.3, 0.4) is 0 Å². The fraction of sp³-hybridized carbons (Fsp3) is 0.353. The Bertz CT molecular complexity index is 733. The van der Waals surface area contributed by atoms with E-state index in [-0.39, 0.29) is 11.7 Å². The molecule has 0 bridgehead atoms. The predicted octanol–water partition coefficient (Wildman–Crippen LogP) is 2.35. The minimum absolute atomic E-state index is 0.0303. The number of hydrogen-bond acceptors (Lipinski definition) is 6. The molecule has 7 heteroatoms. The maximum absolute atomic E-state index is 12.2. The average molecular weight is 344 g/mol. The normalized spacial score (nSPS) is 15.3. The number of pyridine rings is 1. The number of Topliss-reactive ketones (excluding diaryl/α,β-unsaturated/α-hetero) is 1. The Morgan fingerprint density at radius 1 is 1.08 bits per heavy atom. The molecule has 0 radical (unpaired) electrons. The Morgan fingerprint density at radius 3 is 2.38 bits per heavy atom. The van der Waals surface area contributed by atoms with Crippen LogP contribution in [0.15, 0.2) is 30.5 Å². The molecule has 0 aliphatic carbocycles. The third-order valence-corrected chi connectivity index (χ3v) is 5.19. The smallest absolute Gasteiger partial charge is 0.265 e. The van der Waals surface area contributed by atoms with E-state index in [1.54, 1.807) is 18.3 Å². The SMILES string of the molecule is CC(=O)c1ccc(C(=O)Nc2ccc(N3CCN(C)CC3)nc2)s1. The van der Waals surface area contributed by atoms with Gasteiger partial charge in [0.05, 0.1) is 21.6 Å². The van der Waals surface area contributed by atoms with Gasteiger partial charge in [0.2, 0.25) is 0 Å². The molecule has 1 aliphatic rings. The summed E-state index contributed by atoms with van der Waals surface area (Å²) >= 11 is 1.20. The number of thiophene rings is 1. The highest BCUT2D eigenvalue weighted by Gasteiger charge is 2.16. The molecule has 0 aromatic carbocycles. The number of hydrogen-bond donors (Lipinski definition) is 1. The van der Waals surface area contributed by atoms with Crippen LogP contribution in [0.2, 0.25) is 0 Å². The number of aromatic nitrogens is 1. The van der Waals surface area contributed by atoms with Crippen molar-refractivity contribution in [1.29, 1.82) is 0 Å². The Labute approximate surface area is 145 Å². The molecular weight excluding hydrogens is 324 g/mol. The zero-order valence-corrected chi connectivity index (χ0v) is 14.6. The van der Waals surface area contributed by atoms with Crippen LogP contribution >= 0.6 is 11.3 Å². The summed E-state index contributed by atoms with van der Waals surface area (Å²) in [5, 5.41) is 2.82. The van der Waals surface area contributed by atoms with Gasteiger partial charge in [-0.3, -0.25) is 9.59 Å². The minimum atomic E-state index is -0.221. The molecule has 2 aromatic heterocycles. The summed E-state index contributed by atoms with van der Waals surface area (Å²) in [5.41, 5.74) is 0.649. The lowest BCUT2D eigenvalue weighted by atomic mass is 10.3. The van der Waals surface area contributed by atoms with Gasteiger partial charge >= 0.3 is 0 Å². The molecule has 126 valence electrons. The highest BCUT2D eigenvalue weighted by Crippen LogP contribution is 2.20. The molecule has 0 atom stereocenters. The number of nitrogens with one attached hydrogen (secondary N) is 1. The maximum Gasteiger partial charge on any atom is 0.265 e. The monoisotopic (exact) mass is 344 g/mol. The van der Waals surface area contributed by atoms with E-state index in [0.29, 0.717) is 15.4 Å². The van der Waals surface area contributed by atoms with Gasteiger partial charge in [0.15, 0.2) is 5.78 Å². The number of carbonyl (C=O) groups excluding carboxylic acids is 2. The van der Waals surface area contributed by atoms with E-state index in [9.17, 15) is 9.59 Å². The van der Waals surface area contributed by atoms with Gasteiger partial charge in [0, 0.05) is 26.2 Å². The number of likely N-dealkylation sites (N-methyl/N-ethyl adjacent to an activating group) is 1. The molecule has 2 aromatic rings. The second-order valence-corrected chi connectivity index (χ2v) is 6.95. The summed E-state index contributed by atoms with van der Waals surface area (Å²) in [7, 11) is 2.12. The third-order valence-electron chi connectivity index (χ3n) is 4.01. The molecule has 1 fully saturated rings. The van der Waals surface area contributed by atoms with Crippen LogP contribution in [0, 0.1) is 0 Å². The largest absolute Gasteiger partial charge is 0.354 e. The van der Waals surface area contributed by atoms with Crippen molar-refractivity contribution in [3.05, 3.63) is 40.2 Å². The first-order valence-corrected chi connectivity index (χ1v) is 8.66. The molecule has 24 heavy (non-hydrogen) atoms. The number of ketones is 1. The Balaban J connectivity index is 1.63. The number of nitrogens with zero attached hydrogens (tertiary/aromatic N) is 3. The molecule has 6 nitrogen and oxygen atoms in total. The zero-order chi connectivity index (χ0) is 17.1. The van der Waals surface area contributed by atoms with E-state index in [1.807, 2.05) is 12.1 Å². The number of amides is 1. The molecule has 1 saturated heterocycles. The van der Waals surface area contributed by atoms with Crippen molar-refractivity contribution in [2.24, 2.45) is 0 Å². The molecule has 0 spiro atoms. The molecule has 1 N–H and O–H groups in total. The Kier molecular flexibility index (Phi) is 4.92. The molecule has 3 heterocycles. The standard InChI is InChI=1S/C17H20N4O2S/c1-12(22)14-4-5-15(24-14)17(23)19-13-3-6-16(18-11-13)21-9-7-20(2)8-10-21/h3-6,11H,7-10H2,1-2H3,(H,19,23). The third kappa shape index (κ3) is 3.80. The Morgan fingerprint density at radius 2 is 1.79 bits per heavy atom. The fourth-order valence-electron chi connectivity index (χ4n) is 2.52. The van der Waals surface area contributed by atoms with Crippen LogP contribution in [0.4, 0.5) is 11.5 Å².